The van der Waals surface area contributed by atoms with Gasteiger partial charge < -0.3 is 26.4 Å². The summed E-state index contributed by atoms with van der Waals surface area (Å²) in [7, 11) is -3.69. The molecule has 2 aromatic carbocycles. The van der Waals surface area contributed by atoms with Crippen LogP contribution in [0.25, 0.3) is 0 Å². The first-order chi connectivity index (χ1) is 13.9. The number of alkyl halides is 1. The minimum Gasteiger partial charge on any atom is -0.507 e. The van der Waals surface area contributed by atoms with Crippen LogP contribution in [0.5, 0.6) is 11.5 Å². The molecule has 30 heavy (non-hydrogen) atoms. The molecule has 2 atom stereocenters. The molecule has 0 aliphatic carbocycles. The van der Waals surface area contributed by atoms with Crippen molar-refractivity contribution in [2.75, 3.05) is 12.9 Å². The molecule has 11 heteroatoms. The minimum atomic E-state index is -3.69. The normalized spacial score (nSPS) is 13.4. The Labute approximate surface area is 171 Å². The van der Waals surface area contributed by atoms with E-state index in [9.17, 15) is 37.7 Å². The number of sulfone groups is 1. The van der Waals surface area contributed by atoms with Crippen molar-refractivity contribution in [3.8, 4) is 11.5 Å². The Morgan fingerprint density at radius 3 is 2.30 bits per heavy atom. The van der Waals surface area contributed by atoms with E-state index in [0.717, 1.165) is 18.4 Å². The molecule has 162 valence electrons. The van der Waals surface area contributed by atoms with E-state index in [-0.39, 0.29) is 22.4 Å². The largest absolute Gasteiger partial charge is 0.507 e. The highest BCUT2D eigenvalue weighted by Crippen LogP contribution is 2.28. The number of hydrogen-bond donors (Lipinski definition) is 5. The van der Waals surface area contributed by atoms with Crippen LogP contribution in [0.15, 0.2) is 41.3 Å². The lowest BCUT2D eigenvalue weighted by Gasteiger charge is -2.22. The summed E-state index contributed by atoms with van der Waals surface area (Å²) in [6.07, 6.45) is -0.950. The summed E-state index contributed by atoms with van der Waals surface area (Å²) in [5, 5.41) is 32.3. The molecule has 0 saturated heterocycles. The zero-order valence-corrected chi connectivity index (χ0v) is 16.7. The number of aromatic hydroxyl groups is 2. The number of rotatable bonds is 8. The number of nitrogens with one attached hydrogen (secondary N) is 1. The fourth-order valence-corrected chi connectivity index (χ4v) is 3.56. The van der Waals surface area contributed by atoms with Crippen molar-refractivity contribution < 1.29 is 37.7 Å². The average Bonchev–Trinajstić information content (AvgIpc) is 2.64. The number of carbonyl (C=O) groups excluding carboxylic acids is 2. The first kappa shape index (κ1) is 23.1. The van der Waals surface area contributed by atoms with Gasteiger partial charge in [-0.05, 0) is 35.4 Å². The van der Waals surface area contributed by atoms with Gasteiger partial charge in [0, 0.05) is 6.26 Å². The van der Waals surface area contributed by atoms with Crippen LogP contribution in [0.3, 0.4) is 0 Å². The lowest BCUT2D eigenvalue weighted by atomic mass is 10.0. The van der Waals surface area contributed by atoms with Crippen LogP contribution in [0.2, 0.25) is 0 Å². The molecule has 2 aromatic rings. The topological polar surface area (TPSA) is 167 Å². The molecular formula is C19H21FN2O7S. The van der Waals surface area contributed by atoms with E-state index in [2.05, 4.69) is 5.32 Å². The Bertz CT molecular complexity index is 1070. The van der Waals surface area contributed by atoms with Gasteiger partial charge in [-0.25, -0.2) is 12.8 Å². The standard InChI is InChI=1S/C19H21FN2O7S/c1-30(28,29)16-5-3-11(8-15(16)24)18(26)13(9-20)22-17(25)7-10-2-4-12(19(21)27)14(23)6-10/h2-6,8,13,18,23-24,26H,7,9H2,1H3,(H2,21,27)(H,22,25)/t13-,18-/m1/s1. The average molecular weight is 440 g/mol. The van der Waals surface area contributed by atoms with Crippen molar-refractivity contribution in [3.05, 3.63) is 53.1 Å². The van der Waals surface area contributed by atoms with Gasteiger partial charge in [-0.3, -0.25) is 9.59 Å². The zero-order chi connectivity index (χ0) is 22.6. The minimum absolute atomic E-state index is 0.00584. The van der Waals surface area contributed by atoms with Crippen molar-refractivity contribution >= 4 is 21.7 Å². The van der Waals surface area contributed by atoms with Gasteiger partial charge in [-0.15, -0.1) is 0 Å². The van der Waals surface area contributed by atoms with Crippen LogP contribution < -0.4 is 11.1 Å². The number of aliphatic hydroxyl groups excluding tert-OH is 1. The smallest absolute Gasteiger partial charge is 0.252 e. The van der Waals surface area contributed by atoms with Gasteiger partial charge in [0.15, 0.2) is 9.84 Å². The molecule has 6 N–H and O–H groups in total. The van der Waals surface area contributed by atoms with Gasteiger partial charge >= 0.3 is 0 Å². The number of amides is 2. The number of aliphatic hydroxyl groups is 1. The van der Waals surface area contributed by atoms with Crippen molar-refractivity contribution in [1.82, 2.24) is 5.32 Å². The second-order valence-electron chi connectivity index (χ2n) is 6.67. The molecule has 0 fully saturated rings. The Balaban J connectivity index is 2.12. The number of primary amides is 1. The molecular weight excluding hydrogens is 419 g/mol. The second-order valence-corrected chi connectivity index (χ2v) is 8.65. The number of benzene rings is 2. The van der Waals surface area contributed by atoms with E-state index in [1.165, 1.54) is 24.3 Å². The summed E-state index contributed by atoms with van der Waals surface area (Å²) >= 11 is 0. The molecule has 0 aliphatic rings. The summed E-state index contributed by atoms with van der Waals surface area (Å²) in [6.45, 7) is -1.15. The van der Waals surface area contributed by atoms with Crippen molar-refractivity contribution in [2.24, 2.45) is 5.73 Å². The second kappa shape index (κ2) is 9.09. The van der Waals surface area contributed by atoms with Crippen molar-refractivity contribution in [3.63, 3.8) is 0 Å². The number of nitrogens with two attached hydrogens (primary N) is 1. The highest BCUT2D eigenvalue weighted by Gasteiger charge is 2.25. The van der Waals surface area contributed by atoms with E-state index < -0.39 is 52.0 Å². The van der Waals surface area contributed by atoms with E-state index in [1.807, 2.05) is 0 Å². The van der Waals surface area contributed by atoms with Crippen molar-refractivity contribution in [1.29, 1.82) is 0 Å². The lowest BCUT2D eigenvalue weighted by molar-refractivity contribution is -0.122. The number of halogens is 1. The first-order valence-corrected chi connectivity index (χ1v) is 10.5. The zero-order valence-electron chi connectivity index (χ0n) is 15.9. The predicted molar refractivity (Wildman–Crippen MR) is 104 cm³/mol. The van der Waals surface area contributed by atoms with E-state index in [0.29, 0.717) is 5.56 Å². The Morgan fingerprint density at radius 1 is 1.13 bits per heavy atom. The molecule has 9 nitrogen and oxygen atoms in total. The van der Waals surface area contributed by atoms with Gasteiger partial charge in [-0.2, -0.15) is 0 Å². The maximum absolute atomic E-state index is 13.4. The summed E-state index contributed by atoms with van der Waals surface area (Å²) in [5.41, 5.74) is 5.29. The Hall–Kier alpha value is -3.18. The molecule has 0 aromatic heterocycles. The molecule has 0 aliphatic heterocycles. The van der Waals surface area contributed by atoms with Crippen LogP contribution in [0, 0.1) is 0 Å². The van der Waals surface area contributed by atoms with Crippen LogP contribution in [0.4, 0.5) is 4.39 Å². The summed E-state index contributed by atoms with van der Waals surface area (Å²) in [5.74, 6) is -2.53. The molecule has 0 bridgehead atoms. The van der Waals surface area contributed by atoms with Crippen LogP contribution in [-0.4, -0.2) is 54.5 Å². The fraction of sp³-hybridized carbons (Fsp3) is 0.263. The number of carbonyl (C=O) groups is 2. The van der Waals surface area contributed by atoms with Gasteiger partial charge in [0.1, 0.15) is 29.2 Å². The molecule has 2 amide bonds. The summed E-state index contributed by atoms with van der Waals surface area (Å²) in [4.78, 5) is 23.0. The van der Waals surface area contributed by atoms with Gasteiger partial charge in [0.25, 0.3) is 5.91 Å². The number of hydrogen-bond acceptors (Lipinski definition) is 7. The SMILES string of the molecule is CS(=O)(=O)c1ccc([C@@H](O)[C@@H](CF)NC(=O)Cc2ccc(C(N)=O)c(O)c2)cc1O. The number of phenolic OH excluding ortho intramolecular Hbond substituents is 1. The molecule has 2 rings (SSSR count). The van der Waals surface area contributed by atoms with Crippen LogP contribution in [-0.2, 0) is 21.1 Å². The molecule has 0 unspecified atom stereocenters. The van der Waals surface area contributed by atoms with Crippen LogP contribution >= 0.6 is 0 Å². The van der Waals surface area contributed by atoms with Gasteiger partial charge in [0.2, 0.25) is 5.91 Å². The quantitative estimate of drug-likeness (QED) is 0.394. The molecule has 0 spiro atoms. The number of phenols is 2. The summed E-state index contributed by atoms with van der Waals surface area (Å²) in [6, 6.07) is 5.69. The van der Waals surface area contributed by atoms with Gasteiger partial charge in [0.05, 0.1) is 18.0 Å². The highest BCUT2D eigenvalue weighted by atomic mass is 32.2. The van der Waals surface area contributed by atoms with Crippen LogP contribution in [0.1, 0.15) is 27.6 Å². The maximum Gasteiger partial charge on any atom is 0.252 e. The van der Waals surface area contributed by atoms with Crippen molar-refractivity contribution in [2.45, 2.75) is 23.5 Å². The maximum atomic E-state index is 13.4. The lowest BCUT2D eigenvalue weighted by Crippen LogP contribution is -2.41. The Kier molecular flexibility index (Phi) is 7.00. The third-order valence-corrected chi connectivity index (χ3v) is 5.45. The Morgan fingerprint density at radius 2 is 1.80 bits per heavy atom. The third-order valence-electron chi connectivity index (χ3n) is 4.31. The molecule has 0 radical (unpaired) electrons. The first-order valence-electron chi connectivity index (χ1n) is 8.62. The summed E-state index contributed by atoms with van der Waals surface area (Å²) < 4.78 is 36.5. The molecule has 0 heterocycles. The van der Waals surface area contributed by atoms with E-state index in [4.69, 9.17) is 5.73 Å². The third kappa shape index (κ3) is 5.45. The van der Waals surface area contributed by atoms with Gasteiger partial charge in [-0.1, -0.05) is 12.1 Å². The predicted octanol–water partition coefficient (Wildman–Crippen LogP) is 0.331. The monoisotopic (exact) mass is 440 g/mol. The fourth-order valence-electron chi connectivity index (χ4n) is 2.80. The highest BCUT2D eigenvalue weighted by molar-refractivity contribution is 7.90. The van der Waals surface area contributed by atoms with E-state index >= 15 is 0 Å². The molecule has 0 saturated carbocycles. The van der Waals surface area contributed by atoms with E-state index in [1.54, 1.807) is 0 Å².